The fourth-order valence-corrected chi connectivity index (χ4v) is 1.56. The zero-order valence-corrected chi connectivity index (χ0v) is 8.05. The maximum atomic E-state index is 13.2. The van der Waals surface area contributed by atoms with Crippen molar-refractivity contribution >= 4 is 21.6 Å². The highest BCUT2D eigenvalue weighted by molar-refractivity contribution is 9.10. The van der Waals surface area contributed by atoms with Crippen LogP contribution in [0.1, 0.15) is 5.69 Å². The van der Waals surface area contributed by atoms with Crippen LogP contribution in [-0.2, 0) is 6.67 Å². The molecule has 0 atom stereocenters. The van der Waals surface area contributed by atoms with Crippen LogP contribution >= 0.6 is 15.9 Å². The van der Waals surface area contributed by atoms with E-state index in [1.165, 1.54) is 16.7 Å². The molecule has 0 aromatic carbocycles. The van der Waals surface area contributed by atoms with E-state index in [1.54, 1.807) is 6.20 Å². The van der Waals surface area contributed by atoms with Gasteiger partial charge in [-0.3, -0.25) is 0 Å². The summed E-state index contributed by atoms with van der Waals surface area (Å²) in [5.74, 6) is -0.464. The second-order valence-corrected chi connectivity index (χ2v) is 3.52. The van der Waals surface area contributed by atoms with Crippen molar-refractivity contribution in [3.63, 3.8) is 0 Å². The third-order valence-electron chi connectivity index (χ3n) is 1.66. The van der Waals surface area contributed by atoms with E-state index in [0.717, 1.165) is 0 Å². The molecule has 0 bridgehead atoms. The topological polar surface area (TPSA) is 17.3 Å². The number of fused-ring (bicyclic) bond motifs is 1. The molecule has 2 aromatic rings. The second-order valence-electron chi connectivity index (χ2n) is 2.60. The maximum Gasteiger partial charge on any atom is 0.173 e. The highest BCUT2D eigenvalue weighted by Gasteiger charge is 2.06. The summed E-state index contributed by atoms with van der Waals surface area (Å²) in [7, 11) is 0. The third-order valence-corrected chi connectivity index (χ3v) is 2.09. The van der Waals surface area contributed by atoms with Gasteiger partial charge in [0.1, 0.15) is 6.67 Å². The van der Waals surface area contributed by atoms with Crippen LogP contribution in [0.3, 0.4) is 0 Å². The van der Waals surface area contributed by atoms with Crippen LogP contribution in [0, 0.1) is 5.82 Å². The SMILES string of the molecule is FCc1cn2cc(Br)cc(F)c2n1. The first-order valence-electron chi connectivity index (χ1n) is 3.59. The number of halogens is 3. The number of nitrogens with zero attached hydrogens (tertiary/aromatic N) is 2. The second kappa shape index (κ2) is 3.06. The first-order chi connectivity index (χ1) is 6.20. The third kappa shape index (κ3) is 1.44. The summed E-state index contributed by atoms with van der Waals surface area (Å²) in [6, 6.07) is 1.30. The van der Waals surface area contributed by atoms with Crippen molar-refractivity contribution in [2.24, 2.45) is 0 Å². The van der Waals surface area contributed by atoms with Crippen molar-refractivity contribution in [2.75, 3.05) is 0 Å². The van der Waals surface area contributed by atoms with Crippen molar-refractivity contribution in [1.82, 2.24) is 9.38 Å². The number of alkyl halides is 1. The highest BCUT2D eigenvalue weighted by atomic mass is 79.9. The molecule has 0 aliphatic rings. The minimum absolute atomic E-state index is 0.149. The van der Waals surface area contributed by atoms with Crippen LogP contribution in [0.5, 0.6) is 0 Å². The van der Waals surface area contributed by atoms with Crippen LogP contribution in [0.15, 0.2) is 22.9 Å². The lowest BCUT2D eigenvalue weighted by Gasteiger charge is -1.94. The molecule has 2 nitrogen and oxygen atoms in total. The van der Waals surface area contributed by atoms with Gasteiger partial charge in [0.2, 0.25) is 0 Å². The van der Waals surface area contributed by atoms with Gasteiger partial charge in [-0.05, 0) is 22.0 Å². The van der Waals surface area contributed by atoms with Crippen LogP contribution in [-0.4, -0.2) is 9.38 Å². The van der Waals surface area contributed by atoms with E-state index in [4.69, 9.17) is 0 Å². The van der Waals surface area contributed by atoms with Crippen LogP contribution in [0.25, 0.3) is 5.65 Å². The van der Waals surface area contributed by atoms with Gasteiger partial charge >= 0.3 is 0 Å². The average Bonchev–Trinajstić information content (AvgIpc) is 2.47. The molecule has 2 heterocycles. The summed E-state index contributed by atoms with van der Waals surface area (Å²) < 4.78 is 27.4. The van der Waals surface area contributed by atoms with Gasteiger partial charge in [-0.1, -0.05) is 0 Å². The molecule has 13 heavy (non-hydrogen) atoms. The molecule has 68 valence electrons. The van der Waals surface area contributed by atoms with Gasteiger partial charge in [-0.25, -0.2) is 13.8 Å². The first-order valence-corrected chi connectivity index (χ1v) is 4.38. The average molecular weight is 247 g/mol. The Morgan fingerprint density at radius 2 is 2.23 bits per heavy atom. The predicted octanol–water partition coefficient (Wildman–Crippen LogP) is 2.71. The van der Waals surface area contributed by atoms with Gasteiger partial charge < -0.3 is 4.40 Å². The Bertz CT molecular complexity index is 453. The smallest absolute Gasteiger partial charge is 0.173 e. The Morgan fingerprint density at radius 3 is 2.92 bits per heavy atom. The molecule has 0 aliphatic carbocycles. The Labute approximate surface area is 81.3 Å². The zero-order chi connectivity index (χ0) is 9.42. The molecule has 0 saturated carbocycles. The van der Waals surface area contributed by atoms with E-state index in [0.29, 0.717) is 4.47 Å². The Morgan fingerprint density at radius 1 is 1.46 bits per heavy atom. The van der Waals surface area contributed by atoms with Crippen LogP contribution in [0.4, 0.5) is 8.78 Å². The number of rotatable bonds is 1. The summed E-state index contributed by atoms with van der Waals surface area (Å²) in [6.45, 7) is -0.682. The van der Waals surface area contributed by atoms with Crippen molar-refractivity contribution in [3.05, 3.63) is 34.4 Å². The molecule has 0 spiro atoms. The fourth-order valence-electron chi connectivity index (χ4n) is 1.14. The molecular weight excluding hydrogens is 242 g/mol. The normalized spacial score (nSPS) is 11.0. The molecule has 0 amide bonds. The minimum Gasteiger partial charge on any atom is -0.303 e. The molecular formula is C8H5BrF2N2. The van der Waals surface area contributed by atoms with E-state index in [9.17, 15) is 8.78 Å². The highest BCUT2D eigenvalue weighted by Crippen LogP contribution is 2.16. The summed E-state index contributed by atoms with van der Waals surface area (Å²) in [6.07, 6.45) is 3.09. The molecule has 0 fully saturated rings. The molecule has 5 heteroatoms. The molecule has 0 unspecified atom stereocenters. The minimum atomic E-state index is -0.682. The summed E-state index contributed by atoms with van der Waals surface area (Å²) >= 11 is 3.13. The molecule has 0 N–H and O–H groups in total. The number of hydrogen-bond acceptors (Lipinski definition) is 1. The van der Waals surface area contributed by atoms with Gasteiger partial charge in [-0.2, -0.15) is 0 Å². The molecule has 0 saturated heterocycles. The van der Waals surface area contributed by atoms with E-state index < -0.39 is 12.5 Å². The lowest BCUT2D eigenvalue weighted by Crippen LogP contribution is -1.87. The number of imidazole rings is 1. The number of aromatic nitrogens is 2. The van der Waals surface area contributed by atoms with Crippen LogP contribution < -0.4 is 0 Å². The Hall–Kier alpha value is -0.970. The van der Waals surface area contributed by atoms with Crippen LogP contribution in [0.2, 0.25) is 0 Å². The van der Waals surface area contributed by atoms with Gasteiger partial charge in [-0.15, -0.1) is 0 Å². The van der Waals surface area contributed by atoms with Crippen molar-refractivity contribution in [1.29, 1.82) is 0 Å². The van der Waals surface area contributed by atoms with Gasteiger partial charge in [0.25, 0.3) is 0 Å². The lowest BCUT2D eigenvalue weighted by molar-refractivity contribution is 0.477. The van der Waals surface area contributed by atoms with E-state index in [2.05, 4.69) is 20.9 Å². The van der Waals surface area contributed by atoms with Crippen molar-refractivity contribution in [3.8, 4) is 0 Å². The first kappa shape index (κ1) is 8.62. The largest absolute Gasteiger partial charge is 0.303 e. The van der Waals surface area contributed by atoms with Crippen molar-refractivity contribution in [2.45, 2.75) is 6.67 Å². The summed E-state index contributed by atoms with van der Waals surface area (Å²) in [5, 5.41) is 0. The molecule has 2 aromatic heterocycles. The predicted molar refractivity (Wildman–Crippen MR) is 47.7 cm³/mol. The number of hydrogen-bond donors (Lipinski definition) is 0. The molecule has 2 rings (SSSR count). The van der Waals surface area contributed by atoms with E-state index >= 15 is 0 Å². The fraction of sp³-hybridized carbons (Fsp3) is 0.125. The Kier molecular flexibility index (Phi) is 2.03. The monoisotopic (exact) mass is 246 g/mol. The van der Waals surface area contributed by atoms with Gasteiger partial charge in [0.05, 0.1) is 5.69 Å². The standard InChI is InChI=1S/C8H5BrF2N2/c9-5-1-7(11)8-12-6(2-10)4-13(8)3-5/h1,3-4H,2H2. The molecule has 0 radical (unpaired) electrons. The van der Waals surface area contributed by atoms with Gasteiger partial charge in [0.15, 0.2) is 11.5 Å². The quantitative estimate of drug-likeness (QED) is 0.757. The molecule has 0 aliphatic heterocycles. The maximum absolute atomic E-state index is 13.2. The summed E-state index contributed by atoms with van der Waals surface area (Å²) in [5.41, 5.74) is 0.382. The van der Waals surface area contributed by atoms with E-state index in [1.807, 2.05) is 0 Å². The van der Waals surface area contributed by atoms with E-state index in [-0.39, 0.29) is 11.3 Å². The Balaban J connectivity index is 2.75. The zero-order valence-electron chi connectivity index (χ0n) is 6.47. The number of pyridine rings is 1. The van der Waals surface area contributed by atoms with Crippen molar-refractivity contribution < 1.29 is 8.78 Å². The summed E-state index contributed by atoms with van der Waals surface area (Å²) in [4.78, 5) is 3.76. The lowest BCUT2D eigenvalue weighted by atomic mass is 10.4. The van der Waals surface area contributed by atoms with Gasteiger partial charge in [0, 0.05) is 16.9 Å².